The Morgan fingerprint density at radius 3 is 2.04 bits per heavy atom. The van der Waals surface area contributed by atoms with Gasteiger partial charge in [0.15, 0.2) is 5.60 Å². The van der Waals surface area contributed by atoms with E-state index in [4.69, 9.17) is 4.74 Å². The zero-order chi connectivity index (χ0) is 16.7. The minimum absolute atomic E-state index is 0.380. The normalized spacial score (nSPS) is 13.9. The number of carbonyl (C=O) groups excluding carboxylic acids is 1. The predicted molar refractivity (Wildman–Crippen MR) is 97.0 cm³/mol. The summed E-state index contributed by atoms with van der Waals surface area (Å²) >= 11 is 1.59. The summed E-state index contributed by atoms with van der Waals surface area (Å²) in [5.74, 6) is -0.380. The number of hydrogen-bond donors (Lipinski definition) is 0. The first kappa shape index (κ1) is 14.9. The topological polar surface area (TPSA) is 26.3 Å². The first-order valence-electron chi connectivity index (χ1n) is 7.77. The summed E-state index contributed by atoms with van der Waals surface area (Å²) in [7, 11) is 0. The Kier molecular flexibility index (Phi) is 3.39. The highest BCUT2D eigenvalue weighted by Gasteiger charge is 2.48. The number of ether oxygens (including phenoxy) is 1. The van der Waals surface area contributed by atoms with Crippen molar-refractivity contribution in [3.8, 4) is 11.1 Å². The molecule has 2 aromatic carbocycles. The lowest BCUT2D eigenvalue weighted by molar-refractivity contribution is -0.148. The first-order valence-corrected chi connectivity index (χ1v) is 8.65. The maximum absolute atomic E-state index is 12.5. The molecule has 0 N–H and O–H groups in total. The smallest absolute Gasteiger partial charge is 0.334 e. The largest absolute Gasteiger partial charge is 0.440 e. The van der Waals surface area contributed by atoms with Gasteiger partial charge < -0.3 is 4.74 Å². The molecule has 0 spiro atoms. The van der Waals surface area contributed by atoms with E-state index in [0.29, 0.717) is 5.57 Å². The standard InChI is InChI=1S/C21H16O2S/c1-14(2)20(22)23-21(19-12-7-13-24-19)17-10-5-3-8-15(17)16-9-4-6-11-18(16)21/h3-13H,1H2,2H3. The number of thiophene rings is 1. The van der Waals surface area contributed by atoms with Gasteiger partial charge in [-0.25, -0.2) is 4.79 Å². The van der Waals surface area contributed by atoms with E-state index in [-0.39, 0.29) is 5.97 Å². The van der Waals surface area contributed by atoms with Gasteiger partial charge in [-0.2, -0.15) is 0 Å². The molecule has 118 valence electrons. The highest BCUT2D eigenvalue weighted by Crippen LogP contribution is 2.54. The lowest BCUT2D eigenvalue weighted by atomic mass is 9.89. The van der Waals surface area contributed by atoms with E-state index in [0.717, 1.165) is 27.1 Å². The van der Waals surface area contributed by atoms with Crippen LogP contribution in [0.5, 0.6) is 0 Å². The molecule has 0 unspecified atom stereocenters. The molecule has 0 saturated carbocycles. The van der Waals surface area contributed by atoms with Crippen molar-refractivity contribution in [1.82, 2.24) is 0 Å². The van der Waals surface area contributed by atoms with Crippen LogP contribution >= 0.6 is 11.3 Å². The summed E-state index contributed by atoms with van der Waals surface area (Å²) in [4.78, 5) is 13.5. The van der Waals surface area contributed by atoms with E-state index < -0.39 is 5.60 Å². The van der Waals surface area contributed by atoms with Gasteiger partial charge in [0.25, 0.3) is 0 Å². The minimum atomic E-state index is -0.905. The molecular formula is C21H16O2S. The number of benzene rings is 2. The number of hydrogen-bond acceptors (Lipinski definition) is 3. The Morgan fingerprint density at radius 1 is 0.958 bits per heavy atom. The Balaban J connectivity index is 2.06. The third-order valence-corrected chi connectivity index (χ3v) is 5.34. The van der Waals surface area contributed by atoms with Crippen LogP contribution in [0, 0.1) is 0 Å². The van der Waals surface area contributed by atoms with Crippen LogP contribution in [0.1, 0.15) is 22.9 Å². The summed E-state index contributed by atoms with van der Waals surface area (Å²) in [6.45, 7) is 5.43. The van der Waals surface area contributed by atoms with E-state index >= 15 is 0 Å². The van der Waals surface area contributed by atoms with Crippen LogP contribution in [-0.4, -0.2) is 5.97 Å². The maximum atomic E-state index is 12.5. The predicted octanol–water partition coefficient (Wildman–Crippen LogP) is 5.14. The Hall–Kier alpha value is -2.65. The molecule has 1 heterocycles. The van der Waals surface area contributed by atoms with Gasteiger partial charge in [-0.15, -0.1) is 11.3 Å². The van der Waals surface area contributed by atoms with Gasteiger partial charge in [-0.3, -0.25) is 0 Å². The van der Waals surface area contributed by atoms with E-state index in [1.807, 2.05) is 53.9 Å². The Labute approximate surface area is 145 Å². The van der Waals surface area contributed by atoms with Crippen molar-refractivity contribution in [3.05, 3.63) is 94.2 Å². The molecule has 3 heteroatoms. The van der Waals surface area contributed by atoms with Crippen molar-refractivity contribution >= 4 is 17.3 Å². The van der Waals surface area contributed by atoms with E-state index in [1.54, 1.807) is 18.3 Å². The van der Waals surface area contributed by atoms with Gasteiger partial charge in [0.05, 0.1) is 4.88 Å². The van der Waals surface area contributed by atoms with Gasteiger partial charge in [-0.05, 0) is 29.5 Å². The summed E-state index contributed by atoms with van der Waals surface area (Å²) in [6.07, 6.45) is 0. The third kappa shape index (κ3) is 1.98. The van der Waals surface area contributed by atoms with Crippen molar-refractivity contribution in [2.24, 2.45) is 0 Å². The van der Waals surface area contributed by atoms with Crippen molar-refractivity contribution in [1.29, 1.82) is 0 Å². The zero-order valence-electron chi connectivity index (χ0n) is 13.3. The fourth-order valence-electron chi connectivity index (χ4n) is 3.33. The molecule has 4 rings (SSSR count). The molecule has 0 amide bonds. The van der Waals surface area contributed by atoms with Crippen LogP contribution in [0.15, 0.2) is 78.2 Å². The lowest BCUT2D eigenvalue weighted by Gasteiger charge is -2.31. The summed E-state index contributed by atoms with van der Waals surface area (Å²) in [5.41, 5.74) is 3.71. The molecule has 0 radical (unpaired) electrons. The van der Waals surface area contributed by atoms with Crippen LogP contribution < -0.4 is 0 Å². The second-order valence-electron chi connectivity index (χ2n) is 5.92. The molecule has 1 aliphatic rings. The van der Waals surface area contributed by atoms with Gasteiger partial charge in [-0.1, -0.05) is 61.2 Å². The SMILES string of the molecule is C=C(C)C(=O)OC1(c2cccs2)c2ccccc2-c2ccccc21. The highest BCUT2D eigenvalue weighted by molar-refractivity contribution is 7.10. The maximum Gasteiger partial charge on any atom is 0.334 e. The summed E-state index contributed by atoms with van der Waals surface area (Å²) in [6, 6.07) is 20.3. The van der Waals surface area contributed by atoms with Crippen LogP contribution in [0.3, 0.4) is 0 Å². The molecule has 2 nitrogen and oxygen atoms in total. The van der Waals surface area contributed by atoms with Crippen LogP contribution in [0.4, 0.5) is 0 Å². The number of carbonyl (C=O) groups is 1. The van der Waals surface area contributed by atoms with Crippen molar-refractivity contribution in [2.75, 3.05) is 0 Å². The van der Waals surface area contributed by atoms with Gasteiger partial charge in [0.2, 0.25) is 0 Å². The minimum Gasteiger partial charge on any atom is -0.440 e. The summed E-state index contributed by atoms with van der Waals surface area (Å²) < 4.78 is 6.13. The van der Waals surface area contributed by atoms with Crippen LogP contribution in [0.2, 0.25) is 0 Å². The second kappa shape index (κ2) is 5.46. The van der Waals surface area contributed by atoms with Gasteiger partial charge >= 0.3 is 5.97 Å². The zero-order valence-corrected chi connectivity index (χ0v) is 14.1. The molecule has 1 aromatic heterocycles. The summed E-state index contributed by atoms with van der Waals surface area (Å²) in [5, 5.41) is 2.01. The molecular weight excluding hydrogens is 316 g/mol. The Bertz CT molecular complexity index is 892. The number of esters is 1. The molecule has 0 aliphatic heterocycles. The Morgan fingerprint density at radius 2 is 1.54 bits per heavy atom. The van der Waals surface area contributed by atoms with Crippen molar-refractivity contribution in [3.63, 3.8) is 0 Å². The van der Waals surface area contributed by atoms with Gasteiger partial charge in [0.1, 0.15) is 0 Å². The first-order chi connectivity index (χ1) is 11.6. The van der Waals surface area contributed by atoms with Crippen LogP contribution in [0.25, 0.3) is 11.1 Å². The quantitative estimate of drug-likeness (QED) is 0.490. The van der Waals surface area contributed by atoms with Crippen LogP contribution in [-0.2, 0) is 15.1 Å². The lowest BCUT2D eigenvalue weighted by Crippen LogP contribution is -2.32. The fraction of sp³-hybridized carbons (Fsp3) is 0.0952. The molecule has 1 aliphatic carbocycles. The average molecular weight is 332 g/mol. The fourth-order valence-corrected chi connectivity index (χ4v) is 4.21. The van der Waals surface area contributed by atoms with Crippen molar-refractivity contribution < 1.29 is 9.53 Å². The second-order valence-corrected chi connectivity index (χ2v) is 6.87. The molecule has 3 aromatic rings. The van der Waals surface area contributed by atoms with E-state index in [1.165, 1.54) is 0 Å². The molecule has 0 atom stereocenters. The average Bonchev–Trinajstić information content (AvgIpc) is 3.22. The molecule has 0 saturated heterocycles. The van der Waals surface area contributed by atoms with E-state index in [2.05, 4.69) is 18.7 Å². The molecule has 0 bridgehead atoms. The number of rotatable bonds is 3. The van der Waals surface area contributed by atoms with E-state index in [9.17, 15) is 4.79 Å². The molecule has 24 heavy (non-hydrogen) atoms. The number of fused-ring (bicyclic) bond motifs is 3. The monoisotopic (exact) mass is 332 g/mol. The van der Waals surface area contributed by atoms with Crippen molar-refractivity contribution in [2.45, 2.75) is 12.5 Å². The van der Waals surface area contributed by atoms with Gasteiger partial charge in [0, 0.05) is 16.7 Å². The highest BCUT2D eigenvalue weighted by atomic mass is 32.1. The molecule has 0 fully saturated rings. The third-order valence-electron chi connectivity index (χ3n) is 4.37.